The van der Waals surface area contributed by atoms with Gasteiger partial charge in [0.2, 0.25) is 0 Å². The van der Waals surface area contributed by atoms with Crippen molar-refractivity contribution in [1.29, 1.82) is 0 Å². The first-order chi connectivity index (χ1) is 11.5. The molecule has 0 radical (unpaired) electrons. The molecule has 0 aliphatic rings. The third kappa shape index (κ3) is 13.1. The number of alkyl carbamates (subject to hydrolysis) is 1. The summed E-state index contributed by atoms with van der Waals surface area (Å²) < 4.78 is 84.6. The Bertz CT molecular complexity index is 511. The first kappa shape index (κ1) is 23.8. The Morgan fingerprint density at radius 1 is 0.885 bits per heavy atom. The maximum Gasteiger partial charge on any atom is 0.422 e. The van der Waals surface area contributed by atoms with Crippen LogP contribution < -0.4 is 5.32 Å². The summed E-state index contributed by atoms with van der Waals surface area (Å²) >= 11 is 0. The molecule has 26 heavy (non-hydrogen) atoms. The Hall–Kier alpha value is -2.21. The molecule has 0 bridgehead atoms. The molecule has 0 aliphatic carbocycles. The highest BCUT2D eigenvalue weighted by Crippen LogP contribution is 2.17. The van der Waals surface area contributed by atoms with Crippen molar-refractivity contribution in [3.05, 3.63) is 0 Å². The minimum atomic E-state index is -4.89. The van der Waals surface area contributed by atoms with Gasteiger partial charge in [0.1, 0.15) is 11.6 Å². The first-order valence-corrected chi connectivity index (χ1v) is 6.94. The molecule has 152 valence electrons. The average molecular weight is 397 g/mol. The standard InChI is InChI=1S/C13H17F6NO6/c1-11(2,3)26-10(23)20-7(9(22)25-6-13(17,18)19)4-8(21)24-5-12(14,15)16/h7H,4-6H2,1-3H3,(H,20,23)/t7-/m0/s1. The number of halogens is 6. The van der Waals surface area contributed by atoms with Gasteiger partial charge in [0.05, 0.1) is 6.42 Å². The van der Waals surface area contributed by atoms with Crippen molar-refractivity contribution in [3.8, 4) is 0 Å². The van der Waals surface area contributed by atoms with Crippen LogP contribution in [0, 0.1) is 0 Å². The van der Waals surface area contributed by atoms with Gasteiger partial charge in [0.15, 0.2) is 13.2 Å². The number of hydrogen-bond acceptors (Lipinski definition) is 6. The van der Waals surface area contributed by atoms with Crippen molar-refractivity contribution < 1.29 is 54.9 Å². The van der Waals surface area contributed by atoms with Crippen molar-refractivity contribution in [1.82, 2.24) is 5.32 Å². The minimum Gasteiger partial charge on any atom is -0.456 e. The highest BCUT2D eigenvalue weighted by molar-refractivity contribution is 5.86. The van der Waals surface area contributed by atoms with E-state index in [1.54, 1.807) is 5.32 Å². The molecule has 0 heterocycles. The molecule has 0 spiro atoms. The molecule has 0 aliphatic heterocycles. The molecule has 7 nitrogen and oxygen atoms in total. The molecule has 0 aromatic heterocycles. The fraction of sp³-hybridized carbons (Fsp3) is 0.769. The molecule has 0 aromatic rings. The zero-order valence-electron chi connectivity index (χ0n) is 13.9. The fourth-order valence-electron chi connectivity index (χ4n) is 1.28. The van der Waals surface area contributed by atoms with Crippen LogP contribution in [0.4, 0.5) is 31.1 Å². The van der Waals surface area contributed by atoms with E-state index in [9.17, 15) is 40.7 Å². The Labute approximate surface area is 143 Å². The lowest BCUT2D eigenvalue weighted by atomic mass is 10.2. The van der Waals surface area contributed by atoms with E-state index in [0.717, 1.165) is 0 Å². The van der Waals surface area contributed by atoms with E-state index in [0.29, 0.717) is 0 Å². The van der Waals surface area contributed by atoms with Crippen LogP contribution in [0.1, 0.15) is 27.2 Å². The molecule has 0 unspecified atom stereocenters. The highest BCUT2D eigenvalue weighted by Gasteiger charge is 2.35. The normalized spacial score (nSPS) is 13.6. The summed E-state index contributed by atoms with van der Waals surface area (Å²) in [6.45, 7) is 0.308. The molecular weight excluding hydrogens is 380 g/mol. The summed E-state index contributed by atoms with van der Waals surface area (Å²) in [5.41, 5.74) is -1.05. The third-order valence-corrected chi connectivity index (χ3v) is 2.12. The lowest BCUT2D eigenvalue weighted by molar-refractivity contribution is -0.191. The van der Waals surface area contributed by atoms with E-state index >= 15 is 0 Å². The van der Waals surface area contributed by atoms with Crippen molar-refractivity contribution in [2.75, 3.05) is 13.2 Å². The largest absolute Gasteiger partial charge is 0.456 e. The van der Waals surface area contributed by atoms with E-state index in [-0.39, 0.29) is 0 Å². The predicted octanol–water partition coefficient (Wildman–Crippen LogP) is 2.48. The monoisotopic (exact) mass is 397 g/mol. The molecule has 0 saturated carbocycles. The zero-order chi connectivity index (χ0) is 20.8. The molecule has 1 atom stereocenters. The number of carbonyl (C=O) groups is 3. The van der Waals surface area contributed by atoms with Gasteiger partial charge in [0.25, 0.3) is 0 Å². The van der Waals surface area contributed by atoms with Crippen molar-refractivity contribution >= 4 is 18.0 Å². The molecule has 1 amide bonds. The number of ether oxygens (including phenoxy) is 3. The van der Waals surface area contributed by atoms with Gasteiger partial charge >= 0.3 is 30.4 Å². The second-order valence-electron chi connectivity index (χ2n) is 5.90. The second-order valence-corrected chi connectivity index (χ2v) is 5.90. The Kier molecular flexibility index (Phi) is 8.18. The fourth-order valence-corrected chi connectivity index (χ4v) is 1.28. The number of alkyl halides is 6. The summed E-state index contributed by atoms with van der Waals surface area (Å²) in [6, 6.07) is -2.03. The van der Waals surface area contributed by atoms with Crippen molar-refractivity contribution in [2.24, 2.45) is 0 Å². The molecular formula is C13H17F6NO6. The van der Waals surface area contributed by atoms with Crippen LogP contribution in [0.15, 0.2) is 0 Å². The average Bonchev–Trinajstić information content (AvgIpc) is 2.38. The number of nitrogens with one attached hydrogen (secondary N) is 1. The van der Waals surface area contributed by atoms with Gasteiger partial charge in [0, 0.05) is 0 Å². The van der Waals surface area contributed by atoms with E-state index in [1.807, 2.05) is 0 Å². The summed E-state index contributed by atoms with van der Waals surface area (Å²) in [7, 11) is 0. The van der Waals surface area contributed by atoms with Gasteiger partial charge in [-0.2, -0.15) is 26.3 Å². The van der Waals surface area contributed by atoms with Crippen LogP contribution in [0.5, 0.6) is 0 Å². The molecule has 0 saturated heterocycles. The van der Waals surface area contributed by atoms with Gasteiger partial charge in [-0.05, 0) is 20.8 Å². The number of rotatable bonds is 6. The number of carbonyl (C=O) groups excluding carboxylic acids is 3. The smallest absolute Gasteiger partial charge is 0.422 e. The van der Waals surface area contributed by atoms with E-state index in [4.69, 9.17) is 4.74 Å². The van der Waals surface area contributed by atoms with Crippen molar-refractivity contribution in [2.45, 2.75) is 51.2 Å². The minimum absolute atomic E-state index is 1.05. The lowest BCUT2D eigenvalue weighted by Gasteiger charge is -2.22. The van der Waals surface area contributed by atoms with Gasteiger partial charge in [-0.3, -0.25) is 4.79 Å². The Morgan fingerprint density at radius 3 is 1.77 bits per heavy atom. The van der Waals surface area contributed by atoms with Gasteiger partial charge < -0.3 is 19.5 Å². The first-order valence-electron chi connectivity index (χ1n) is 6.94. The highest BCUT2D eigenvalue weighted by atomic mass is 19.4. The summed E-state index contributed by atoms with van der Waals surface area (Å²) in [4.78, 5) is 34.5. The molecule has 1 N–H and O–H groups in total. The Balaban J connectivity index is 4.95. The number of hydrogen-bond donors (Lipinski definition) is 1. The van der Waals surface area contributed by atoms with Crippen LogP contribution in [-0.2, 0) is 23.8 Å². The SMILES string of the molecule is CC(C)(C)OC(=O)N[C@@H](CC(=O)OCC(F)(F)F)C(=O)OCC(F)(F)F. The summed E-state index contributed by atoms with van der Waals surface area (Å²) in [6.07, 6.45) is -12.2. The predicted molar refractivity (Wildman–Crippen MR) is 71.8 cm³/mol. The zero-order valence-corrected chi connectivity index (χ0v) is 13.9. The topological polar surface area (TPSA) is 90.9 Å². The van der Waals surface area contributed by atoms with Crippen LogP contribution >= 0.6 is 0 Å². The van der Waals surface area contributed by atoms with Gasteiger partial charge in [-0.15, -0.1) is 0 Å². The summed E-state index contributed by atoms with van der Waals surface area (Å²) in [5, 5.41) is 1.75. The lowest BCUT2D eigenvalue weighted by Crippen LogP contribution is -2.46. The van der Waals surface area contributed by atoms with E-state index in [2.05, 4.69) is 9.47 Å². The maximum absolute atomic E-state index is 12.1. The molecule has 0 fully saturated rings. The molecule has 13 heteroatoms. The summed E-state index contributed by atoms with van der Waals surface area (Å²) in [5.74, 6) is -3.29. The Morgan fingerprint density at radius 2 is 1.35 bits per heavy atom. The molecule has 0 aromatic carbocycles. The van der Waals surface area contributed by atoms with Gasteiger partial charge in [-0.25, -0.2) is 9.59 Å². The van der Waals surface area contributed by atoms with Gasteiger partial charge in [-0.1, -0.05) is 0 Å². The van der Waals surface area contributed by atoms with Crippen LogP contribution in [-0.4, -0.2) is 55.2 Å². The van der Waals surface area contributed by atoms with E-state index < -0.39 is 61.7 Å². The second kappa shape index (κ2) is 8.94. The van der Waals surface area contributed by atoms with Crippen LogP contribution in [0.25, 0.3) is 0 Å². The van der Waals surface area contributed by atoms with E-state index in [1.165, 1.54) is 20.8 Å². The number of amides is 1. The maximum atomic E-state index is 12.1. The van der Waals surface area contributed by atoms with Crippen LogP contribution in [0.2, 0.25) is 0 Å². The quantitative estimate of drug-likeness (QED) is 0.421. The van der Waals surface area contributed by atoms with Crippen molar-refractivity contribution in [3.63, 3.8) is 0 Å². The third-order valence-electron chi connectivity index (χ3n) is 2.12. The van der Waals surface area contributed by atoms with Crippen LogP contribution in [0.3, 0.4) is 0 Å². The number of esters is 2. The molecule has 0 rings (SSSR count).